The summed E-state index contributed by atoms with van der Waals surface area (Å²) in [5, 5.41) is 12.1. The molecule has 1 unspecified atom stereocenters. The lowest BCUT2D eigenvalue weighted by Crippen LogP contribution is -2.43. The predicted octanol–water partition coefficient (Wildman–Crippen LogP) is 1.60. The lowest BCUT2D eigenvalue weighted by atomic mass is 10.0. The maximum Gasteiger partial charge on any atom is 0.220 e. The fraction of sp³-hybridized carbons (Fsp3) is 0.909. The first-order valence-corrected chi connectivity index (χ1v) is 5.51. The molecule has 1 aliphatic carbocycles. The summed E-state index contributed by atoms with van der Waals surface area (Å²) >= 11 is 0. The molecule has 0 aromatic carbocycles. The highest BCUT2D eigenvalue weighted by atomic mass is 16.3. The molecule has 0 aromatic heterocycles. The zero-order valence-electron chi connectivity index (χ0n) is 9.18. The first kappa shape index (κ1) is 11.5. The first-order chi connectivity index (χ1) is 6.52. The van der Waals surface area contributed by atoms with Gasteiger partial charge in [0.15, 0.2) is 0 Å². The van der Waals surface area contributed by atoms with Crippen LogP contribution in [0.25, 0.3) is 0 Å². The van der Waals surface area contributed by atoms with Crippen LogP contribution in [0.5, 0.6) is 0 Å². The van der Waals surface area contributed by atoms with E-state index in [2.05, 4.69) is 12.2 Å². The summed E-state index contributed by atoms with van der Waals surface area (Å²) in [4.78, 5) is 11.5. The molecule has 1 rings (SSSR count). The molecule has 1 aliphatic rings. The van der Waals surface area contributed by atoms with Crippen LogP contribution >= 0.6 is 0 Å². The minimum absolute atomic E-state index is 0.0236. The van der Waals surface area contributed by atoms with Crippen LogP contribution < -0.4 is 5.32 Å². The maximum absolute atomic E-state index is 11.5. The van der Waals surface area contributed by atoms with Gasteiger partial charge in [0.1, 0.15) is 0 Å². The Labute approximate surface area is 85.9 Å². The second kappa shape index (κ2) is 4.78. The zero-order chi connectivity index (χ0) is 10.6. The van der Waals surface area contributed by atoms with Crippen LogP contribution in [0, 0.1) is 0 Å². The SMILES string of the molecule is CC(O)CCC(=O)NC1(C)CCCC1. The number of aliphatic hydroxyl groups is 1. The number of rotatable bonds is 4. The normalized spacial score (nSPS) is 21.9. The Morgan fingerprint density at radius 3 is 2.57 bits per heavy atom. The smallest absolute Gasteiger partial charge is 0.220 e. The van der Waals surface area contributed by atoms with Gasteiger partial charge in [0.05, 0.1) is 6.10 Å². The van der Waals surface area contributed by atoms with Crippen molar-refractivity contribution in [1.29, 1.82) is 0 Å². The van der Waals surface area contributed by atoms with Crippen molar-refractivity contribution in [3.63, 3.8) is 0 Å². The summed E-state index contributed by atoms with van der Waals surface area (Å²) in [5.74, 6) is 0.0790. The minimum atomic E-state index is -0.378. The molecule has 0 aliphatic heterocycles. The van der Waals surface area contributed by atoms with E-state index >= 15 is 0 Å². The molecule has 0 aromatic rings. The Morgan fingerprint density at radius 2 is 2.07 bits per heavy atom. The second-order valence-corrected chi connectivity index (χ2v) is 4.70. The van der Waals surface area contributed by atoms with Crippen molar-refractivity contribution in [2.75, 3.05) is 0 Å². The lowest BCUT2D eigenvalue weighted by Gasteiger charge is -2.25. The maximum atomic E-state index is 11.5. The van der Waals surface area contributed by atoms with Gasteiger partial charge >= 0.3 is 0 Å². The van der Waals surface area contributed by atoms with Crippen molar-refractivity contribution >= 4 is 5.91 Å². The van der Waals surface area contributed by atoms with Gasteiger partial charge in [-0.3, -0.25) is 4.79 Å². The molecule has 3 nitrogen and oxygen atoms in total. The molecule has 0 saturated heterocycles. The van der Waals surface area contributed by atoms with E-state index in [-0.39, 0.29) is 17.6 Å². The summed E-state index contributed by atoms with van der Waals surface area (Å²) in [6.45, 7) is 3.82. The number of carbonyl (C=O) groups is 1. The lowest BCUT2D eigenvalue weighted by molar-refractivity contribution is -0.123. The van der Waals surface area contributed by atoms with Crippen molar-refractivity contribution in [2.24, 2.45) is 0 Å². The van der Waals surface area contributed by atoms with Gasteiger partial charge in [-0.15, -0.1) is 0 Å². The standard InChI is InChI=1S/C11H21NO2/c1-9(13)5-6-10(14)12-11(2)7-3-4-8-11/h9,13H,3-8H2,1-2H3,(H,12,14). The summed E-state index contributed by atoms with van der Waals surface area (Å²) < 4.78 is 0. The zero-order valence-corrected chi connectivity index (χ0v) is 9.18. The summed E-state index contributed by atoms with van der Waals surface area (Å²) in [6.07, 6.45) is 5.23. The number of hydrogen-bond donors (Lipinski definition) is 2. The molecule has 0 radical (unpaired) electrons. The van der Waals surface area contributed by atoms with E-state index in [0.717, 1.165) is 12.8 Å². The molecule has 82 valence electrons. The van der Waals surface area contributed by atoms with Gasteiger partial charge in [-0.2, -0.15) is 0 Å². The molecule has 1 amide bonds. The highest BCUT2D eigenvalue weighted by Gasteiger charge is 2.29. The van der Waals surface area contributed by atoms with Crippen molar-refractivity contribution in [3.05, 3.63) is 0 Å². The first-order valence-electron chi connectivity index (χ1n) is 5.51. The average molecular weight is 199 g/mol. The quantitative estimate of drug-likeness (QED) is 0.722. The van der Waals surface area contributed by atoms with Crippen LogP contribution in [0.1, 0.15) is 52.4 Å². The van der Waals surface area contributed by atoms with Crippen molar-refractivity contribution in [3.8, 4) is 0 Å². The number of carbonyl (C=O) groups excluding carboxylic acids is 1. The second-order valence-electron chi connectivity index (χ2n) is 4.70. The Bertz CT molecular complexity index is 195. The van der Waals surface area contributed by atoms with E-state index in [1.165, 1.54) is 12.8 Å². The molecule has 0 bridgehead atoms. The molecule has 1 atom stereocenters. The molecule has 0 spiro atoms. The predicted molar refractivity (Wildman–Crippen MR) is 55.9 cm³/mol. The largest absolute Gasteiger partial charge is 0.393 e. The molecule has 1 saturated carbocycles. The van der Waals surface area contributed by atoms with Gasteiger partial charge in [0, 0.05) is 12.0 Å². The minimum Gasteiger partial charge on any atom is -0.393 e. The highest BCUT2D eigenvalue weighted by Crippen LogP contribution is 2.28. The number of hydrogen-bond acceptors (Lipinski definition) is 2. The molecule has 2 N–H and O–H groups in total. The summed E-state index contributed by atoms with van der Waals surface area (Å²) in [7, 11) is 0. The highest BCUT2D eigenvalue weighted by molar-refractivity contribution is 5.76. The third-order valence-electron chi connectivity index (χ3n) is 2.94. The average Bonchev–Trinajstić information content (AvgIpc) is 2.48. The van der Waals surface area contributed by atoms with Crippen LogP contribution in [0.15, 0.2) is 0 Å². The van der Waals surface area contributed by atoms with Crippen LogP contribution in [0.4, 0.5) is 0 Å². The van der Waals surface area contributed by atoms with Gasteiger partial charge in [0.25, 0.3) is 0 Å². The third-order valence-corrected chi connectivity index (χ3v) is 2.94. The van der Waals surface area contributed by atoms with Gasteiger partial charge in [-0.1, -0.05) is 12.8 Å². The van der Waals surface area contributed by atoms with E-state index in [4.69, 9.17) is 5.11 Å². The third kappa shape index (κ3) is 3.66. The summed E-state index contributed by atoms with van der Waals surface area (Å²) in [5.41, 5.74) is 0.0236. The molecular weight excluding hydrogens is 178 g/mol. The molecule has 0 heterocycles. The molecular formula is C11H21NO2. The van der Waals surface area contributed by atoms with E-state index in [1.54, 1.807) is 6.92 Å². The number of aliphatic hydroxyl groups excluding tert-OH is 1. The van der Waals surface area contributed by atoms with Crippen LogP contribution in [0.2, 0.25) is 0 Å². The Kier molecular flexibility index (Phi) is 3.93. The van der Waals surface area contributed by atoms with Crippen molar-refractivity contribution in [1.82, 2.24) is 5.32 Å². The van der Waals surface area contributed by atoms with E-state index in [0.29, 0.717) is 12.8 Å². The van der Waals surface area contributed by atoms with E-state index < -0.39 is 0 Å². The Balaban J connectivity index is 2.25. The van der Waals surface area contributed by atoms with Crippen molar-refractivity contribution in [2.45, 2.75) is 64.0 Å². The fourth-order valence-corrected chi connectivity index (χ4v) is 2.02. The number of nitrogens with one attached hydrogen (secondary N) is 1. The van der Waals surface area contributed by atoms with Gasteiger partial charge in [0.2, 0.25) is 5.91 Å². The van der Waals surface area contributed by atoms with Crippen LogP contribution in [0.3, 0.4) is 0 Å². The van der Waals surface area contributed by atoms with Crippen molar-refractivity contribution < 1.29 is 9.90 Å². The fourth-order valence-electron chi connectivity index (χ4n) is 2.02. The molecule has 14 heavy (non-hydrogen) atoms. The van der Waals surface area contributed by atoms with Crippen LogP contribution in [-0.4, -0.2) is 22.7 Å². The van der Waals surface area contributed by atoms with E-state index in [9.17, 15) is 4.79 Å². The molecule has 1 fully saturated rings. The van der Waals surface area contributed by atoms with Gasteiger partial charge in [-0.05, 0) is 33.1 Å². The Hall–Kier alpha value is -0.570. The van der Waals surface area contributed by atoms with E-state index in [1.807, 2.05) is 0 Å². The Morgan fingerprint density at radius 1 is 1.50 bits per heavy atom. The number of amides is 1. The van der Waals surface area contributed by atoms with Gasteiger partial charge < -0.3 is 10.4 Å². The van der Waals surface area contributed by atoms with Gasteiger partial charge in [-0.25, -0.2) is 0 Å². The monoisotopic (exact) mass is 199 g/mol. The summed E-state index contributed by atoms with van der Waals surface area (Å²) in [6, 6.07) is 0. The van der Waals surface area contributed by atoms with Crippen LogP contribution in [-0.2, 0) is 4.79 Å². The topological polar surface area (TPSA) is 49.3 Å². The molecule has 3 heteroatoms.